The van der Waals surface area contributed by atoms with Gasteiger partial charge in [0.15, 0.2) is 11.4 Å². The molecule has 0 aromatic carbocycles. The van der Waals surface area contributed by atoms with Crippen molar-refractivity contribution < 1.29 is 23.9 Å². The standard InChI is InChI=1S/C46H62O5/c1-7-45-23-18-34-33-11-9-28(3)25-30(33)10-12-35(34)36(45)20-24-46(45,8-2)51-41(49)16-15-40(48)50-39-14-13-37-42-29(4)26-31-27-32(47)17-21-43(31,5)38(42)19-22-44(37,39)6/h2,25,27,29,33-39,42H,3,7,9-24,26H2,1,4-6H3. The fraction of sp³-hybridized carbons (Fsp3) is 0.761. The normalized spacial score (nSPS) is 46.8. The molecule has 0 N–H and O–H groups in total. The van der Waals surface area contributed by atoms with Gasteiger partial charge in [-0.2, -0.15) is 0 Å². The number of carbonyl (C=O) groups is 3. The van der Waals surface area contributed by atoms with Gasteiger partial charge in [-0.3, -0.25) is 14.4 Å². The maximum atomic E-state index is 13.6. The molecule has 51 heavy (non-hydrogen) atoms. The second-order valence-electron chi connectivity index (χ2n) is 19.2. The van der Waals surface area contributed by atoms with Crippen molar-refractivity contribution in [3.63, 3.8) is 0 Å². The smallest absolute Gasteiger partial charge is 0.307 e. The Balaban J connectivity index is 0.896. The van der Waals surface area contributed by atoms with Crippen LogP contribution in [0.5, 0.6) is 0 Å². The zero-order valence-corrected chi connectivity index (χ0v) is 31.9. The molecule has 0 aromatic heterocycles. The van der Waals surface area contributed by atoms with E-state index in [0.29, 0.717) is 59.5 Å². The van der Waals surface area contributed by atoms with Crippen LogP contribution in [0.1, 0.15) is 143 Å². The van der Waals surface area contributed by atoms with Crippen LogP contribution in [-0.2, 0) is 23.9 Å². The summed E-state index contributed by atoms with van der Waals surface area (Å²) in [7, 11) is 0. The first-order valence-electron chi connectivity index (χ1n) is 20.9. The summed E-state index contributed by atoms with van der Waals surface area (Å²) in [6.07, 6.45) is 27.0. The van der Waals surface area contributed by atoms with Gasteiger partial charge in [0.25, 0.3) is 0 Å². The lowest BCUT2D eigenvalue weighted by Crippen LogP contribution is -2.55. The molecule has 276 valence electrons. The molecular formula is C46H62O5. The van der Waals surface area contributed by atoms with Crippen molar-refractivity contribution in [3.8, 4) is 12.3 Å². The molecule has 6 fully saturated rings. The summed E-state index contributed by atoms with van der Waals surface area (Å²) in [4.78, 5) is 39.4. The zero-order chi connectivity index (χ0) is 35.9. The average Bonchev–Trinajstić information content (AvgIpc) is 3.62. The number of ketones is 1. The lowest BCUT2D eigenvalue weighted by molar-refractivity contribution is -0.176. The highest BCUT2D eigenvalue weighted by atomic mass is 16.6. The lowest BCUT2D eigenvalue weighted by atomic mass is 9.45. The Kier molecular flexibility index (Phi) is 8.86. The van der Waals surface area contributed by atoms with Crippen molar-refractivity contribution in [2.75, 3.05) is 0 Å². The molecule has 8 rings (SSSR count). The molecule has 0 radical (unpaired) electrons. The molecule has 0 aromatic rings. The van der Waals surface area contributed by atoms with Crippen LogP contribution >= 0.6 is 0 Å². The lowest BCUT2D eigenvalue weighted by Gasteiger charge is -2.59. The van der Waals surface area contributed by atoms with Gasteiger partial charge in [-0.1, -0.05) is 63.0 Å². The summed E-state index contributed by atoms with van der Waals surface area (Å²) in [5.74, 6) is 7.44. The van der Waals surface area contributed by atoms with Gasteiger partial charge < -0.3 is 9.47 Å². The highest BCUT2D eigenvalue weighted by Gasteiger charge is 2.66. The van der Waals surface area contributed by atoms with E-state index in [4.69, 9.17) is 15.9 Å². The number of ether oxygens (including phenoxy) is 2. The first-order valence-corrected chi connectivity index (χ1v) is 20.9. The Morgan fingerprint density at radius 3 is 2.45 bits per heavy atom. The van der Waals surface area contributed by atoms with Crippen molar-refractivity contribution in [2.45, 2.75) is 155 Å². The molecule has 6 saturated carbocycles. The van der Waals surface area contributed by atoms with Crippen molar-refractivity contribution >= 4 is 17.7 Å². The van der Waals surface area contributed by atoms with Gasteiger partial charge in [0.1, 0.15) is 6.10 Å². The summed E-state index contributed by atoms with van der Waals surface area (Å²) >= 11 is 0. The predicted molar refractivity (Wildman–Crippen MR) is 199 cm³/mol. The van der Waals surface area contributed by atoms with Crippen molar-refractivity contribution in [3.05, 3.63) is 35.5 Å². The van der Waals surface area contributed by atoms with E-state index < -0.39 is 5.60 Å². The molecular weight excluding hydrogens is 633 g/mol. The molecule has 13 unspecified atom stereocenters. The first-order chi connectivity index (χ1) is 24.4. The Hall–Kier alpha value is -2.61. The van der Waals surface area contributed by atoms with Crippen LogP contribution in [-0.4, -0.2) is 29.4 Å². The fourth-order valence-corrected chi connectivity index (χ4v) is 14.9. The van der Waals surface area contributed by atoms with Crippen LogP contribution in [0.3, 0.4) is 0 Å². The third-order valence-corrected chi connectivity index (χ3v) is 17.4. The minimum absolute atomic E-state index is 0.0136. The molecule has 13 atom stereocenters. The predicted octanol–water partition coefficient (Wildman–Crippen LogP) is 9.89. The number of hydrogen-bond donors (Lipinski definition) is 0. The minimum atomic E-state index is -0.895. The molecule has 8 aliphatic rings. The fourth-order valence-electron chi connectivity index (χ4n) is 14.9. The van der Waals surface area contributed by atoms with E-state index in [1.54, 1.807) is 5.57 Å². The topological polar surface area (TPSA) is 69.7 Å². The summed E-state index contributed by atoms with van der Waals surface area (Å²) < 4.78 is 12.7. The van der Waals surface area contributed by atoms with Crippen LogP contribution < -0.4 is 0 Å². The number of rotatable bonds is 6. The quantitative estimate of drug-likeness (QED) is 0.205. The van der Waals surface area contributed by atoms with E-state index in [-0.39, 0.29) is 47.1 Å². The molecule has 0 spiro atoms. The average molecular weight is 695 g/mol. The molecule has 0 amide bonds. The molecule has 5 nitrogen and oxygen atoms in total. The van der Waals surface area contributed by atoms with Crippen LogP contribution in [0.2, 0.25) is 0 Å². The van der Waals surface area contributed by atoms with E-state index in [0.717, 1.165) is 83.5 Å². The van der Waals surface area contributed by atoms with Crippen LogP contribution in [0.25, 0.3) is 0 Å². The van der Waals surface area contributed by atoms with Gasteiger partial charge >= 0.3 is 11.9 Å². The summed E-state index contributed by atoms with van der Waals surface area (Å²) in [6, 6.07) is 0. The maximum Gasteiger partial charge on any atom is 0.307 e. The Bertz CT molecular complexity index is 1590. The molecule has 0 saturated heterocycles. The van der Waals surface area contributed by atoms with Gasteiger partial charge in [0.05, 0.1) is 12.8 Å². The Morgan fingerprint density at radius 2 is 1.67 bits per heavy atom. The highest BCUT2D eigenvalue weighted by molar-refractivity contribution is 5.91. The molecule has 8 aliphatic carbocycles. The van der Waals surface area contributed by atoms with Gasteiger partial charge in [-0.25, -0.2) is 0 Å². The largest absolute Gasteiger partial charge is 0.462 e. The van der Waals surface area contributed by atoms with Crippen LogP contribution in [0.15, 0.2) is 35.5 Å². The zero-order valence-electron chi connectivity index (χ0n) is 31.9. The Labute approximate surface area is 307 Å². The number of hydrogen-bond acceptors (Lipinski definition) is 5. The van der Waals surface area contributed by atoms with E-state index in [9.17, 15) is 14.4 Å². The van der Waals surface area contributed by atoms with Crippen molar-refractivity contribution in [1.29, 1.82) is 0 Å². The SMILES string of the molecule is C#CC1(OC(=O)CCC(=O)OC2CCC3C4C(C)CC5=CC(=O)CCC5(C)C4CCC23C)CCC2C3CCC4=CC(=C)CCC4C3CCC21CC. The van der Waals surface area contributed by atoms with Crippen molar-refractivity contribution in [1.82, 2.24) is 0 Å². The van der Waals surface area contributed by atoms with Gasteiger partial charge in [0.2, 0.25) is 0 Å². The second kappa shape index (κ2) is 12.8. The van der Waals surface area contributed by atoms with E-state index in [1.807, 2.05) is 6.08 Å². The van der Waals surface area contributed by atoms with Gasteiger partial charge in [0, 0.05) is 17.3 Å². The summed E-state index contributed by atoms with van der Waals surface area (Å²) in [6.45, 7) is 13.7. The van der Waals surface area contributed by atoms with Gasteiger partial charge in [-0.15, -0.1) is 6.42 Å². The molecule has 0 bridgehead atoms. The number of esters is 2. The third kappa shape index (κ3) is 5.33. The van der Waals surface area contributed by atoms with Gasteiger partial charge in [-0.05, 0) is 155 Å². The van der Waals surface area contributed by atoms with E-state index in [1.165, 1.54) is 24.0 Å². The van der Waals surface area contributed by atoms with Crippen LogP contribution in [0, 0.1) is 75.9 Å². The summed E-state index contributed by atoms with van der Waals surface area (Å²) in [5.41, 5.74) is 3.28. The van der Waals surface area contributed by atoms with Crippen LogP contribution in [0.4, 0.5) is 0 Å². The number of fused-ring (bicyclic) bond motifs is 10. The number of carbonyl (C=O) groups excluding carboxylic acids is 3. The second-order valence-corrected chi connectivity index (χ2v) is 19.2. The maximum absolute atomic E-state index is 13.6. The van der Waals surface area contributed by atoms with E-state index in [2.05, 4.69) is 46.3 Å². The number of allylic oxidation sites excluding steroid dienone is 4. The Morgan fingerprint density at radius 1 is 0.882 bits per heavy atom. The monoisotopic (exact) mass is 694 g/mol. The molecule has 5 heteroatoms. The first kappa shape index (κ1) is 35.4. The third-order valence-electron chi connectivity index (χ3n) is 17.4. The summed E-state index contributed by atoms with van der Waals surface area (Å²) in [5, 5.41) is 0. The van der Waals surface area contributed by atoms with Crippen molar-refractivity contribution in [2.24, 2.45) is 63.6 Å². The van der Waals surface area contributed by atoms with E-state index >= 15 is 0 Å². The number of terminal acetylenes is 1. The minimum Gasteiger partial charge on any atom is -0.462 e. The molecule has 0 heterocycles. The molecule has 0 aliphatic heterocycles. The highest BCUT2D eigenvalue weighted by Crippen LogP contribution is 2.68.